The lowest BCUT2D eigenvalue weighted by molar-refractivity contribution is 0.0984. The summed E-state index contributed by atoms with van der Waals surface area (Å²) in [5.74, 6) is 0. The maximum Gasteiger partial charge on any atom is 0.315 e. The lowest BCUT2D eigenvalue weighted by Crippen LogP contribution is -2.48. The van der Waals surface area contributed by atoms with Crippen LogP contribution in [-0.2, 0) is 4.74 Å². The number of carbonyl (C=O) groups excluding carboxylic acids is 1. The number of amides is 2. The topological polar surface area (TPSA) is 62.4 Å². The maximum absolute atomic E-state index is 11.3. The van der Waals surface area contributed by atoms with Crippen molar-refractivity contribution in [3.63, 3.8) is 0 Å². The van der Waals surface area contributed by atoms with Crippen LogP contribution in [0.1, 0.15) is 13.3 Å². The highest BCUT2D eigenvalue weighted by atomic mass is 16.5. The number of ether oxygens (including phenoxy) is 1. The van der Waals surface area contributed by atoms with Crippen LogP contribution < -0.4 is 16.0 Å². The van der Waals surface area contributed by atoms with E-state index in [1.54, 1.807) is 7.11 Å². The van der Waals surface area contributed by atoms with Crippen LogP contribution in [0.5, 0.6) is 0 Å². The molecule has 5 heteroatoms. The van der Waals surface area contributed by atoms with Crippen LogP contribution in [0.2, 0.25) is 0 Å². The van der Waals surface area contributed by atoms with E-state index in [0.29, 0.717) is 6.54 Å². The molecule has 0 bridgehead atoms. The van der Waals surface area contributed by atoms with Crippen LogP contribution in [0.15, 0.2) is 0 Å². The van der Waals surface area contributed by atoms with E-state index in [4.69, 9.17) is 4.74 Å². The molecule has 1 heterocycles. The molecule has 1 saturated heterocycles. The molecule has 1 rings (SSSR count). The van der Waals surface area contributed by atoms with E-state index < -0.39 is 0 Å². The van der Waals surface area contributed by atoms with Gasteiger partial charge in [-0.15, -0.1) is 0 Å². The third-order valence-corrected chi connectivity index (χ3v) is 2.31. The number of urea groups is 1. The zero-order valence-corrected chi connectivity index (χ0v) is 8.80. The lowest BCUT2D eigenvalue weighted by atomic mass is 10.2. The zero-order valence-electron chi connectivity index (χ0n) is 8.80. The maximum atomic E-state index is 11.3. The van der Waals surface area contributed by atoms with Gasteiger partial charge in [0.15, 0.2) is 0 Å². The Labute approximate surface area is 84.6 Å². The Bertz CT molecular complexity index is 187. The Balaban J connectivity index is 2.25. The molecule has 1 fully saturated rings. The molecule has 2 unspecified atom stereocenters. The van der Waals surface area contributed by atoms with Gasteiger partial charge in [-0.05, 0) is 6.42 Å². The third kappa shape index (κ3) is 3.16. The van der Waals surface area contributed by atoms with Gasteiger partial charge in [-0.2, -0.15) is 0 Å². The van der Waals surface area contributed by atoms with Crippen LogP contribution >= 0.6 is 0 Å². The van der Waals surface area contributed by atoms with Crippen molar-refractivity contribution in [2.45, 2.75) is 25.5 Å². The van der Waals surface area contributed by atoms with Gasteiger partial charge >= 0.3 is 6.03 Å². The minimum absolute atomic E-state index is 0.0804. The van der Waals surface area contributed by atoms with Crippen LogP contribution in [-0.4, -0.2) is 44.9 Å². The lowest BCUT2D eigenvalue weighted by Gasteiger charge is -2.18. The zero-order chi connectivity index (χ0) is 10.4. The number of rotatable bonds is 4. The van der Waals surface area contributed by atoms with Gasteiger partial charge in [-0.1, -0.05) is 6.92 Å². The van der Waals surface area contributed by atoms with Gasteiger partial charge in [0.05, 0.1) is 12.1 Å². The van der Waals surface area contributed by atoms with Crippen molar-refractivity contribution in [2.24, 2.45) is 0 Å². The summed E-state index contributed by atoms with van der Waals surface area (Å²) in [5.41, 5.74) is 0. The quantitative estimate of drug-likeness (QED) is 0.584. The summed E-state index contributed by atoms with van der Waals surface area (Å²) >= 11 is 0. The van der Waals surface area contributed by atoms with Crippen LogP contribution in [0, 0.1) is 0 Å². The molecular formula is C9H19N3O2. The standard InChI is InChI=1S/C9H19N3O2/c1-3-4-11-9(13)12-7-5-10-6-8(7)14-2/h7-8,10H,3-6H2,1-2H3,(H2,11,12,13). The average Bonchev–Trinajstić information content (AvgIpc) is 2.62. The summed E-state index contributed by atoms with van der Waals surface area (Å²) in [4.78, 5) is 11.3. The summed E-state index contributed by atoms with van der Waals surface area (Å²) in [6.07, 6.45) is 1.03. The van der Waals surface area contributed by atoms with Crippen molar-refractivity contribution in [3.05, 3.63) is 0 Å². The fourth-order valence-corrected chi connectivity index (χ4v) is 1.50. The largest absolute Gasteiger partial charge is 0.378 e. The highest BCUT2D eigenvalue weighted by Gasteiger charge is 2.27. The molecule has 0 aliphatic carbocycles. The summed E-state index contributed by atoms with van der Waals surface area (Å²) < 4.78 is 5.22. The molecule has 82 valence electrons. The van der Waals surface area contributed by atoms with Crippen molar-refractivity contribution in [1.29, 1.82) is 0 Å². The first-order valence-corrected chi connectivity index (χ1v) is 5.05. The van der Waals surface area contributed by atoms with E-state index in [1.807, 2.05) is 6.92 Å². The predicted molar refractivity (Wildman–Crippen MR) is 54.3 cm³/mol. The van der Waals surface area contributed by atoms with Gasteiger partial charge < -0.3 is 20.7 Å². The van der Waals surface area contributed by atoms with E-state index in [9.17, 15) is 4.79 Å². The number of carbonyl (C=O) groups is 1. The van der Waals surface area contributed by atoms with Crippen LogP contribution in [0.3, 0.4) is 0 Å². The molecule has 0 aromatic carbocycles. The Kier molecular flexibility index (Phi) is 4.69. The Morgan fingerprint density at radius 1 is 1.57 bits per heavy atom. The minimum atomic E-state index is -0.109. The van der Waals surface area contributed by atoms with Crippen LogP contribution in [0.4, 0.5) is 4.79 Å². The average molecular weight is 201 g/mol. The smallest absolute Gasteiger partial charge is 0.315 e. The fraction of sp³-hybridized carbons (Fsp3) is 0.889. The fourth-order valence-electron chi connectivity index (χ4n) is 1.50. The SMILES string of the molecule is CCCNC(=O)NC1CNCC1OC. The molecule has 0 aromatic heterocycles. The molecule has 3 N–H and O–H groups in total. The molecular weight excluding hydrogens is 182 g/mol. The highest BCUT2D eigenvalue weighted by molar-refractivity contribution is 5.74. The molecule has 14 heavy (non-hydrogen) atoms. The van der Waals surface area contributed by atoms with E-state index in [2.05, 4.69) is 16.0 Å². The molecule has 0 spiro atoms. The van der Waals surface area contributed by atoms with Crippen molar-refractivity contribution >= 4 is 6.03 Å². The summed E-state index contributed by atoms with van der Waals surface area (Å²) in [7, 11) is 1.66. The van der Waals surface area contributed by atoms with Crippen molar-refractivity contribution in [1.82, 2.24) is 16.0 Å². The van der Waals surface area contributed by atoms with E-state index in [0.717, 1.165) is 19.5 Å². The first kappa shape index (κ1) is 11.3. The van der Waals surface area contributed by atoms with Gasteiger partial charge in [0, 0.05) is 26.7 Å². The molecule has 1 aliphatic heterocycles. The Hall–Kier alpha value is -0.810. The van der Waals surface area contributed by atoms with Crippen molar-refractivity contribution in [2.75, 3.05) is 26.7 Å². The van der Waals surface area contributed by atoms with Gasteiger partial charge in [0.25, 0.3) is 0 Å². The Morgan fingerprint density at radius 3 is 3.00 bits per heavy atom. The normalized spacial score (nSPS) is 26.1. The van der Waals surface area contributed by atoms with E-state index in [-0.39, 0.29) is 18.2 Å². The first-order chi connectivity index (χ1) is 6.77. The predicted octanol–water partition coefficient (Wildman–Crippen LogP) is -0.318. The molecule has 2 amide bonds. The van der Waals surface area contributed by atoms with E-state index >= 15 is 0 Å². The first-order valence-electron chi connectivity index (χ1n) is 5.05. The van der Waals surface area contributed by atoms with Gasteiger partial charge in [-0.3, -0.25) is 0 Å². The van der Waals surface area contributed by atoms with Gasteiger partial charge in [0.1, 0.15) is 0 Å². The van der Waals surface area contributed by atoms with Gasteiger partial charge in [0.2, 0.25) is 0 Å². The molecule has 0 radical (unpaired) electrons. The second-order valence-electron chi connectivity index (χ2n) is 3.44. The van der Waals surface area contributed by atoms with Crippen molar-refractivity contribution < 1.29 is 9.53 Å². The van der Waals surface area contributed by atoms with E-state index in [1.165, 1.54) is 0 Å². The molecule has 0 aromatic rings. The van der Waals surface area contributed by atoms with Crippen LogP contribution in [0.25, 0.3) is 0 Å². The van der Waals surface area contributed by atoms with Crippen molar-refractivity contribution in [3.8, 4) is 0 Å². The monoisotopic (exact) mass is 201 g/mol. The Morgan fingerprint density at radius 2 is 2.36 bits per heavy atom. The number of hydrogen-bond donors (Lipinski definition) is 3. The molecule has 1 aliphatic rings. The second-order valence-corrected chi connectivity index (χ2v) is 3.44. The number of hydrogen-bond acceptors (Lipinski definition) is 3. The molecule has 5 nitrogen and oxygen atoms in total. The third-order valence-electron chi connectivity index (χ3n) is 2.31. The summed E-state index contributed by atoms with van der Waals surface area (Å²) in [6.45, 7) is 4.31. The molecule has 2 atom stereocenters. The minimum Gasteiger partial charge on any atom is -0.378 e. The second kappa shape index (κ2) is 5.82. The summed E-state index contributed by atoms with van der Waals surface area (Å²) in [5, 5.41) is 8.81. The molecule has 0 saturated carbocycles. The summed E-state index contributed by atoms with van der Waals surface area (Å²) in [6, 6.07) is -0.0283. The highest BCUT2D eigenvalue weighted by Crippen LogP contribution is 2.02. The number of methoxy groups -OCH3 is 1. The van der Waals surface area contributed by atoms with Gasteiger partial charge in [-0.25, -0.2) is 4.79 Å². The number of nitrogens with one attached hydrogen (secondary N) is 3.